The van der Waals surface area contributed by atoms with Gasteiger partial charge in [-0.2, -0.15) is 5.10 Å². The average molecular weight is 471 g/mol. The molecule has 34 heavy (non-hydrogen) atoms. The summed E-state index contributed by atoms with van der Waals surface area (Å²) in [5, 5.41) is 11.2. The van der Waals surface area contributed by atoms with Gasteiger partial charge < -0.3 is 24.7 Å². The van der Waals surface area contributed by atoms with Crippen molar-refractivity contribution >= 4 is 34.3 Å². The Morgan fingerprint density at radius 1 is 1.15 bits per heavy atom. The van der Waals surface area contributed by atoms with Crippen molar-refractivity contribution in [2.75, 3.05) is 31.5 Å². The maximum atomic E-state index is 12.8. The second-order valence-electron chi connectivity index (χ2n) is 8.73. The molecule has 0 spiro atoms. The standard InChI is InChI=1S/C24H34N6O4/c1-16(2)7-12-30-22(24(32)34-5)21(28-20(31)15-33-4)19-13-18(14-25-23(19)30)27-17(3)8-11-29-10-6-9-26-29/h6,9-10,13-14,16-17,27H,7-8,11-12,15H2,1-5H3,(H,28,31)/t17-/m0/s1. The second kappa shape index (κ2) is 11.6. The molecule has 3 heterocycles. The molecule has 0 saturated heterocycles. The van der Waals surface area contributed by atoms with Crippen LogP contribution in [0.2, 0.25) is 0 Å². The number of fused-ring (bicyclic) bond motifs is 1. The molecule has 1 atom stereocenters. The number of nitrogens with zero attached hydrogens (tertiary/aromatic N) is 4. The fraction of sp³-hybridized carbons (Fsp3) is 0.500. The van der Waals surface area contributed by atoms with Crippen molar-refractivity contribution in [2.24, 2.45) is 5.92 Å². The van der Waals surface area contributed by atoms with Crippen LogP contribution in [-0.2, 0) is 27.4 Å². The van der Waals surface area contributed by atoms with Crippen LogP contribution in [0.5, 0.6) is 0 Å². The zero-order valence-corrected chi connectivity index (χ0v) is 20.5. The Hall–Kier alpha value is -3.40. The number of ether oxygens (including phenoxy) is 2. The molecule has 0 saturated carbocycles. The third kappa shape index (κ3) is 6.13. The van der Waals surface area contributed by atoms with Crippen molar-refractivity contribution in [3.05, 3.63) is 36.4 Å². The van der Waals surface area contributed by atoms with Gasteiger partial charge in [-0.05, 0) is 37.8 Å². The quantitative estimate of drug-likeness (QED) is 0.389. The summed E-state index contributed by atoms with van der Waals surface area (Å²) in [5.74, 6) is -0.468. The number of nitrogens with one attached hydrogen (secondary N) is 2. The molecule has 10 nitrogen and oxygen atoms in total. The smallest absolute Gasteiger partial charge is 0.356 e. The summed E-state index contributed by atoms with van der Waals surface area (Å²) >= 11 is 0. The van der Waals surface area contributed by atoms with E-state index in [1.165, 1.54) is 14.2 Å². The summed E-state index contributed by atoms with van der Waals surface area (Å²) in [5.41, 5.74) is 2.07. The van der Waals surface area contributed by atoms with Gasteiger partial charge in [0.2, 0.25) is 5.91 Å². The van der Waals surface area contributed by atoms with E-state index in [4.69, 9.17) is 9.47 Å². The highest BCUT2D eigenvalue weighted by atomic mass is 16.5. The van der Waals surface area contributed by atoms with E-state index < -0.39 is 5.97 Å². The van der Waals surface area contributed by atoms with Gasteiger partial charge >= 0.3 is 5.97 Å². The second-order valence-corrected chi connectivity index (χ2v) is 8.73. The first-order valence-electron chi connectivity index (χ1n) is 11.5. The number of carbonyl (C=O) groups excluding carboxylic acids is 2. The van der Waals surface area contributed by atoms with Crippen LogP contribution in [0.15, 0.2) is 30.7 Å². The topological polar surface area (TPSA) is 112 Å². The van der Waals surface area contributed by atoms with Crippen LogP contribution in [0.1, 0.15) is 44.1 Å². The molecule has 3 aromatic heterocycles. The van der Waals surface area contributed by atoms with Crippen LogP contribution in [0, 0.1) is 5.92 Å². The van der Waals surface area contributed by atoms with Crippen molar-refractivity contribution in [3.8, 4) is 0 Å². The lowest BCUT2D eigenvalue weighted by atomic mass is 10.1. The number of anilines is 2. The highest BCUT2D eigenvalue weighted by Gasteiger charge is 2.26. The Morgan fingerprint density at radius 3 is 2.59 bits per heavy atom. The normalized spacial score (nSPS) is 12.2. The van der Waals surface area contributed by atoms with E-state index in [0.717, 1.165) is 25.1 Å². The SMILES string of the molecule is COCC(=O)Nc1c(C(=O)OC)n(CCC(C)C)c2ncc(N[C@@H](C)CCn3cccn3)cc12. The number of aromatic nitrogens is 4. The van der Waals surface area contributed by atoms with Gasteiger partial charge in [0.25, 0.3) is 0 Å². The van der Waals surface area contributed by atoms with Crippen LogP contribution in [0.3, 0.4) is 0 Å². The van der Waals surface area contributed by atoms with E-state index in [9.17, 15) is 9.59 Å². The van der Waals surface area contributed by atoms with Crippen LogP contribution in [0.4, 0.5) is 11.4 Å². The lowest BCUT2D eigenvalue weighted by molar-refractivity contribution is -0.119. The monoisotopic (exact) mass is 470 g/mol. The van der Waals surface area contributed by atoms with E-state index >= 15 is 0 Å². The van der Waals surface area contributed by atoms with Crippen molar-refractivity contribution in [3.63, 3.8) is 0 Å². The number of rotatable bonds is 12. The lowest BCUT2D eigenvalue weighted by Crippen LogP contribution is -2.20. The highest BCUT2D eigenvalue weighted by Crippen LogP contribution is 2.33. The molecule has 0 aliphatic heterocycles. The summed E-state index contributed by atoms with van der Waals surface area (Å²) in [4.78, 5) is 29.9. The van der Waals surface area contributed by atoms with Gasteiger partial charge in [0.05, 0.1) is 24.7 Å². The Bertz CT molecular complexity index is 1110. The minimum Gasteiger partial charge on any atom is -0.464 e. The summed E-state index contributed by atoms with van der Waals surface area (Å²) < 4.78 is 13.7. The molecule has 0 radical (unpaired) electrons. The van der Waals surface area contributed by atoms with Gasteiger partial charge in [-0.3, -0.25) is 9.48 Å². The molecule has 2 N–H and O–H groups in total. The molecule has 0 fully saturated rings. The largest absolute Gasteiger partial charge is 0.464 e. The highest BCUT2D eigenvalue weighted by molar-refractivity contribution is 6.11. The number of carbonyl (C=O) groups is 2. The molecule has 3 rings (SSSR count). The molecule has 1 amide bonds. The van der Waals surface area contributed by atoms with E-state index in [0.29, 0.717) is 29.2 Å². The number of esters is 1. The predicted octanol–water partition coefficient (Wildman–Crippen LogP) is 3.54. The molecule has 3 aromatic rings. The Labute approximate surface area is 199 Å². The number of hydrogen-bond donors (Lipinski definition) is 2. The number of methoxy groups -OCH3 is 2. The van der Waals surface area contributed by atoms with Crippen LogP contribution in [0.25, 0.3) is 11.0 Å². The van der Waals surface area contributed by atoms with Crippen molar-refractivity contribution in [1.82, 2.24) is 19.3 Å². The van der Waals surface area contributed by atoms with Gasteiger partial charge in [-0.25, -0.2) is 9.78 Å². The molecule has 184 valence electrons. The summed E-state index contributed by atoms with van der Waals surface area (Å²) in [6, 6.07) is 3.96. The Kier molecular flexibility index (Phi) is 8.64. The number of amides is 1. The first-order chi connectivity index (χ1) is 16.3. The number of pyridine rings is 1. The van der Waals surface area contributed by atoms with Gasteiger partial charge in [0.1, 0.15) is 12.3 Å². The third-order valence-corrected chi connectivity index (χ3v) is 5.51. The Morgan fingerprint density at radius 2 is 1.94 bits per heavy atom. The van der Waals surface area contributed by atoms with Crippen LogP contribution < -0.4 is 10.6 Å². The summed E-state index contributed by atoms with van der Waals surface area (Å²) in [7, 11) is 2.77. The van der Waals surface area contributed by atoms with Gasteiger partial charge in [0.15, 0.2) is 5.69 Å². The summed E-state index contributed by atoms with van der Waals surface area (Å²) in [6.45, 7) is 7.54. The van der Waals surface area contributed by atoms with E-state index in [1.54, 1.807) is 12.4 Å². The average Bonchev–Trinajstić information content (AvgIpc) is 3.42. The minimum absolute atomic E-state index is 0.130. The lowest BCUT2D eigenvalue weighted by Gasteiger charge is -2.15. The van der Waals surface area contributed by atoms with E-state index in [1.807, 2.05) is 27.6 Å². The Balaban J connectivity index is 1.97. The third-order valence-electron chi connectivity index (χ3n) is 5.51. The van der Waals surface area contributed by atoms with Crippen molar-refractivity contribution < 1.29 is 19.1 Å². The maximum absolute atomic E-state index is 12.8. The molecule has 0 aliphatic carbocycles. The van der Waals surface area contributed by atoms with Crippen LogP contribution in [-0.4, -0.2) is 58.1 Å². The van der Waals surface area contributed by atoms with Gasteiger partial charge in [-0.15, -0.1) is 0 Å². The molecule has 0 unspecified atom stereocenters. The molecular formula is C24H34N6O4. The van der Waals surface area contributed by atoms with E-state index in [-0.39, 0.29) is 24.2 Å². The summed E-state index contributed by atoms with van der Waals surface area (Å²) in [6.07, 6.45) is 7.15. The fourth-order valence-electron chi connectivity index (χ4n) is 3.77. The van der Waals surface area contributed by atoms with Crippen molar-refractivity contribution in [1.29, 1.82) is 0 Å². The first kappa shape index (κ1) is 25.2. The van der Waals surface area contributed by atoms with E-state index in [2.05, 4.69) is 41.5 Å². The maximum Gasteiger partial charge on any atom is 0.356 e. The fourth-order valence-corrected chi connectivity index (χ4v) is 3.77. The van der Waals surface area contributed by atoms with Gasteiger partial charge in [0, 0.05) is 44.0 Å². The zero-order valence-electron chi connectivity index (χ0n) is 20.5. The van der Waals surface area contributed by atoms with Gasteiger partial charge in [-0.1, -0.05) is 13.8 Å². The predicted molar refractivity (Wildman–Crippen MR) is 131 cm³/mol. The first-order valence-corrected chi connectivity index (χ1v) is 11.5. The number of hydrogen-bond acceptors (Lipinski definition) is 7. The molecule has 10 heteroatoms. The molecular weight excluding hydrogens is 436 g/mol. The minimum atomic E-state index is -0.531. The number of aryl methyl sites for hydroxylation is 2. The van der Waals surface area contributed by atoms with Crippen molar-refractivity contribution in [2.45, 2.75) is 52.7 Å². The van der Waals surface area contributed by atoms with Crippen LogP contribution >= 0.6 is 0 Å². The zero-order chi connectivity index (χ0) is 24.7. The molecule has 0 bridgehead atoms. The molecule has 0 aromatic carbocycles. The molecule has 0 aliphatic rings.